The van der Waals surface area contributed by atoms with Gasteiger partial charge in [-0.3, -0.25) is 4.79 Å². The number of carbonyl (C=O) groups is 1. The van der Waals surface area contributed by atoms with E-state index in [1.807, 2.05) is 0 Å². The van der Waals surface area contributed by atoms with Crippen LogP contribution < -0.4 is 10.2 Å². The van der Waals surface area contributed by atoms with Crippen LogP contribution in [0.4, 0.5) is 5.82 Å². The van der Waals surface area contributed by atoms with E-state index < -0.39 is 0 Å². The summed E-state index contributed by atoms with van der Waals surface area (Å²) >= 11 is 0. The molecule has 1 amide bonds. The minimum Gasteiger partial charge on any atom is -0.392 e. The van der Waals surface area contributed by atoms with Crippen molar-refractivity contribution in [2.45, 2.75) is 6.61 Å². The smallest absolute Gasteiger partial charge is 0.239 e. The van der Waals surface area contributed by atoms with Crippen molar-refractivity contribution in [2.75, 3.05) is 38.8 Å². The lowest BCUT2D eigenvalue weighted by atomic mass is 10.2. The van der Waals surface area contributed by atoms with Crippen molar-refractivity contribution in [1.82, 2.24) is 10.3 Å². The first kappa shape index (κ1) is 14.4. The fourth-order valence-electron chi connectivity index (χ4n) is 1.54. The highest BCUT2D eigenvalue weighted by Gasteiger charge is 2.11. The quantitative estimate of drug-likeness (QED) is 0.657. The Morgan fingerprint density at radius 3 is 3.06 bits per heavy atom. The van der Waals surface area contributed by atoms with E-state index in [9.17, 15) is 9.90 Å². The predicted molar refractivity (Wildman–Crippen MR) is 68.3 cm³/mol. The molecular weight excluding hydrogens is 234 g/mol. The van der Waals surface area contributed by atoms with Crippen molar-refractivity contribution < 1.29 is 14.6 Å². The topological polar surface area (TPSA) is 74.7 Å². The Kier molecular flexibility index (Phi) is 6.10. The lowest BCUT2D eigenvalue weighted by molar-refractivity contribution is -0.119. The molecule has 1 rings (SSSR count). The third-order valence-corrected chi connectivity index (χ3v) is 2.41. The summed E-state index contributed by atoms with van der Waals surface area (Å²) in [4.78, 5) is 17.5. The van der Waals surface area contributed by atoms with Gasteiger partial charge in [-0.05, 0) is 6.07 Å². The Morgan fingerprint density at radius 1 is 1.61 bits per heavy atom. The molecule has 1 heterocycles. The van der Waals surface area contributed by atoms with Crippen LogP contribution in [0, 0.1) is 0 Å². The van der Waals surface area contributed by atoms with Crippen LogP contribution in [-0.4, -0.2) is 49.9 Å². The van der Waals surface area contributed by atoms with Crippen LogP contribution in [0.1, 0.15) is 5.56 Å². The molecule has 0 bridgehead atoms. The maximum absolute atomic E-state index is 11.6. The molecule has 6 heteroatoms. The molecule has 0 fully saturated rings. The van der Waals surface area contributed by atoms with E-state index in [4.69, 9.17) is 4.74 Å². The molecule has 0 saturated heterocycles. The minimum absolute atomic E-state index is 0.0984. The van der Waals surface area contributed by atoms with Crippen LogP contribution in [0.25, 0.3) is 0 Å². The number of aliphatic hydroxyl groups excluding tert-OH is 1. The summed E-state index contributed by atoms with van der Waals surface area (Å²) in [6.07, 6.45) is 1.63. The lowest BCUT2D eigenvalue weighted by Crippen LogP contribution is -2.37. The highest BCUT2D eigenvalue weighted by Crippen LogP contribution is 2.14. The molecule has 0 atom stereocenters. The molecule has 100 valence electrons. The lowest BCUT2D eigenvalue weighted by Gasteiger charge is -2.19. The van der Waals surface area contributed by atoms with Gasteiger partial charge in [0.2, 0.25) is 5.91 Å². The molecule has 6 nitrogen and oxygen atoms in total. The molecule has 0 aliphatic carbocycles. The number of nitrogens with zero attached hydrogens (tertiary/aromatic N) is 2. The van der Waals surface area contributed by atoms with Gasteiger partial charge >= 0.3 is 0 Å². The third kappa shape index (κ3) is 4.31. The van der Waals surface area contributed by atoms with Crippen LogP contribution >= 0.6 is 0 Å². The van der Waals surface area contributed by atoms with Gasteiger partial charge in [0.1, 0.15) is 5.82 Å². The van der Waals surface area contributed by atoms with Gasteiger partial charge < -0.3 is 20.1 Å². The number of hydrogen-bond acceptors (Lipinski definition) is 5. The second-order valence-corrected chi connectivity index (χ2v) is 3.84. The van der Waals surface area contributed by atoms with Gasteiger partial charge in [-0.15, -0.1) is 0 Å². The molecule has 1 aromatic heterocycles. The van der Waals surface area contributed by atoms with Crippen LogP contribution in [0.15, 0.2) is 18.3 Å². The molecule has 0 aliphatic rings. The Bertz CT molecular complexity index is 385. The maximum Gasteiger partial charge on any atom is 0.239 e. The number of amides is 1. The average Bonchev–Trinajstić information content (AvgIpc) is 2.39. The fraction of sp³-hybridized carbons (Fsp3) is 0.500. The number of ether oxygens (including phenoxy) is 1. The normalized spacial score (nSPS) is 10.2. The maximum atomic E-state index is 11.6. The van der Waals surface area contributed by atoms with Gasteiger partial charge in [-0.1, -0.05) is 6.07 Å². The van der Waals surface area contributed by atoms with Gasteiger partial charge in [-0.25, -0.2) is 4.98 Å². The number of carbonyl (C=O) groups excluding carboxylic acids is 1. The monoisotopic (exact) mass is 253 g/mol. The van der Waals surface area contributed by atoms with Gasteiger partial charge in [0, 0.05) is 32.5 Å². The Labute approximate surface area is 107 Å². The van der Waals surface area contributed by atoms with Crippen molar-refractivity contribution >= 4 is 11.7 Å². The second-order valence-electron chi connectivity index (χ2n) is 3.84. The highest BCUT2D eigenvalue weighted by molar-refractivity contribution is 5.81. The van der Waals surface area contributed by atoms with Gasteiger partial charge in [0.15, 0.2) is 0 Å². The van der Waals surface area contributed by atoms with Crippen molar-refractivity contribution in [1.29, 1.82) is 0 Å². The number of anilines is 1. The molecular formula is C12H19N3O3. The summed E-state index contributed by atoms with van der Waals surface area (Å²) in [6.45, 7) is 1.06. The van der Waals surface area contributed by atoms with E-state index in [0.717, 1.165) is 0 Å². The zero-order chi connectivity index (χ0) is 13.4. The molecule has 0 radical (unpaired) electrons. The van der Waals surface area contributed by atoms with Gasteiger partial charge in [-0.2, -0.15) is 0 Å². The van der Waals surface area contributed by atoms with E-state index in [0.29, 0.717) is 24.5 Å². The van der Waals surface area contributed by atoms with Gasteiger partial charge in [0.25, 0.3) is 0 Å². The number of aliphatic hydroxyl groups is 1. The number of methoxy groups -OCH3 is 1. The number of nitrogens with one attached hydrogen (secondary N) is 1. The molecule has 0 aliphatic heterocycles. The predicted octanol–water partition coefficient (Wildman–Crippen LogP) is -0.227. The number of hydrogen-bond donors (Lipinski definition) is 2. The van der Waals surface area contributed by atoms with E-state index in [-0.39, 0.29) is 19.1 Å². The van der Waals surface area contributed by atoms with Crippen LogP contribution in [-0.2, 0) is 16.1 Å². The SMILES string of the molecule is COCCNC(=O)CN(C)c1ncccc1CO. The van der Waals surface area contributed by atoms with Crippen molar-refractivity contribution in [2.24, 2.45) is 0 Å². The first-order chi connectivity index (χ1) is 8.69. The number of pyridine rings is 1. The van der Waals surface area contributed by atoms with Gasteiger partial charge in [0.05, 0.1) is 19.8 Å². The summed E-state index contributed by atoms with van der Waals surface area (Å²) in [7, 11) is 3.34. The molecule has 0 spiro atoms. The Balaban J connectivity index is 2.53. The zero-order valence-corrected chi connectivity index (χ0v) is 10.7. The average molecular weight is 253 g/mol. The van der Waals surface area contributed by atoms with E-state index >= 15 is 0 Å². The van der Waals surface area contributed by atoms with Crippen LogP contribution in [0.3, 0.4) is 0 Å². The van der Waals surface area contributed by atoms with Crippen molar-refractivity contribution in [3.05, 3.63) is 23.9 Å². The first-order valence-electron chi connectivity index (χ1n) is 5.70. The number of rotatable bonds is 7. The molecule has 0 saturated carbocycles. The summed E-state index contributed by atoms with van der Waals surface area (Å²) in [5.74, 6) is 0.506. The second kappa shape index (κ2) is 7.62. The molecule has 18 heavy (non-hydrogen) atoms. The first-order valence-corrected chi connectivity index (χ1v) is 5.70. The summed E-state index contributed by atoms with van der Waals surface area (Å²) in [6, 6.07) is 3.53. The van der Waals surface area contributed by atoms with Crippen molar-refractivity contribution in [3.8, 4) is 0 Å². The molecule has 1 aromatic rings. The largest absolute Gasteiger partial charge is 0.392 e. The number of likely N-dealkylation sites (N-methyl/N-ethyl adjacent to an activating group) is 1. The summed E-state index contributed by atoms with van der Waals surface area (Å²) < 4.78 is 4.84. The molecule has 2 N–H and O–H groups in total. The number of aromatic nitrogens is 1. The fourth-order valence-corrected chi connectivity index (χ4v) is 1.54. The van der Waals surface area contributed by atoms with E-state index in [2.05, 4.69) is 10.3 Å². The Morgan fingerprint density at radius 2 is 2.39 bits per heavy atom. The molecule has 0 unspecified atom stereocenters. The van der Waals surface area contributed by atoms with Crippen LogP contribution in [0.2, 0.25) is 0 Å². The standard InChI is InChI=1S/C12H19N3O3/c1-15(8-11(17)13-6-7-18-2)12-10(9-16)4-3-5-14-12/h3-5,16H,6-9H2,1-2H3,(H,13,17). The highest BCUT2D eigenvalue weighted by atomic mass is 16.5. The zero-order valence-electron chi connectivity index (χ0n) is 10.7. The third-order valence-electron chi connectivity index (χ3n) is 2.41. The summed E-state index contributed by atoms with van der Waals surface area (Å²) in [5, 5.41) is 11.9. The van der Waals surface area contributed by atoms with Crippen molar-refractivity contribution in [3.63, 3.8) is 0 Å². The van der Waals surface area contributed by atoms with Crippen LogP contribution in [0.5, 0.6) is 0 Å². The molecule has 0 aromatic carbocycles. The van der Waals surface area contributed by atoms with E-state index in [1.54, 1.807) is 37.4 Å². The van der Waals surface area contributed by atoms with E-state index in [1.165, 1.54) is 0 Å². The summed E-state index contributed by atoms with van der Waals surface area (Å²) in [5.41, 5.74) is 0.699. The Hall–Kier alpha value is -1.66. The minimum atomic E-state index is -0.107.